The van der Waals surface area contributed by atoms with E-state index in [4.69, 9.17) is 5.11 Å². The lowest BCUT2D eigenvalue weighted by atomic mass is 9.97. The van der Waals surface area contributed by atoms with E-state index < -0.39 is 4.92 Å². The van der Waals surface area contributed by atoms with Crippen molar-refractivity contribution in [3.63, 3.8) is 0 Å². The van der Waals surface area contributed by atoms with E-state index in [1.807, 2.05) is 0 Å². The Labute approximate surface area is 135 Å². The van der Waals surface area contributed by atoms with E-state index >= 15 is 0 Å². The van der Waals surface area contributed by atoms with Gasteiger partial charge in [-0.05, 0) is 24.8 Å². The molecule has 0 unspecified atom stereocenters. The van der Waals surface area contributed by atoms with Crippen LogP contribution in [0.1, 0.15) is 30.1 Å². The standard InChI is InChI=1S/C16H23N3O4/c1-12-5-7-18(8-6-12)15-4-3-13(19(22)23)11-14(15)16(21)17(2)9-10-20/h3-4,11-12,20H,5-10H2,1-2H3. The van der Waals surface area contributed by atoms with Gasteiger partial charge in [-0.1, -0.05) is 6.92 Å². The van der Waals surface area contributed by atoms with Gasteiger partial charge >= 0.3 is 0 Å². The molecule has 23 heavy (non-hydrogen) atoms. The molecule has 1 heterocycles. The highest BCUT2D eigenvalue weighted by atomic mass is 16.6. The fraction of sp³-hybridized carbons (Fsp3) is 0.562. The molecule has 1 aliphatic rings. The monoisotopic (exact) mass is 321 g/mol. The molecule has 7 nitrogen and oxygen atoms in total. The third kappa shape index (κ3) is 3.98. The van der Waals surface area contributed by atoms with Gasteiger partial charge in [0.15, 0.2) is 0 Å². The van der Waals surface area contributed by atoms with E-state index in [1.165, 1.54) is 17.0 Å². The summed E-state index contributed by atoms with van der Waals surface area (Å²) < 4.78 is 0. The van der Waals surface area contributed by atoms with Crippen LogP contribution in [0, 0.1) is 16.0 Å². The molecule has 0 saturated carbocycles. The maximum atomic E-state index is 12.6. The predicted molar refractivity (Wildman–Crippen MR) is 87.8 cm³/mol. The SMILES string of the molecule is CC1CCN(c2ccc([N+](=O)[O-])cc2C(=O)N(C)CCO)CC1. The first kappa shape index (κ1) is 17.2. The second-order valence-electron chi connectivity index (χ2n) is 6.08. The average Bonchev–Trinajstić information content (AvgIpc) is 2.54. The van der Waals surface area contributed by atoms with Gasteiger partial charge < -0.3 is 14.9 Å². The topological polar surface area (TPSA) is 86.9 Å². The Kier molecular flexibility index (Phi) is 5.54. The van der Waals surface area contributed by atoms with Crippen LogP contribution in [-0.2, 0) is 0 Å². The van der Waals surface area contributed by atoms with Gasteiger partial charge in [-0.25, -0.2) is 0 Å². The molecular weight excluding hydrogens is 298 g/mol. The van der Waals surface area contributed by atoms with Gasteiger partial charge in [0.1, 0.15) is 0 Å². The van der Waals surface area contributed by atoms with Crippen LogP contribution < -0.4 is 4.90 Å². The minimum absolute atomic E-state index is 0.0973. The second-order valence-corrected chi connectivity index (χ2v) is 6.08. The normalized spacial score (nSPS) is 15.5. The summed E-state index contributed by atoms with van der Waals surface area (Å²) in [5, 5.41) is 20.0. The maximum Gasteiger partial charge on any atom is 0.270 e. The number of rotatable bonds is 5. The number of nitro groups is 1. The summed E-state index contributed by atoms with van der Waals surface area (Å²) in [6.07, 6.45) is 2.08. The maximum absolute atomic E-state index is 12.6. The number of hydrogen-bond acceptors (Lipinski definition) is 5. The number of carbonyl (C=O) groups is 1. The van der Waals surface area contributed by atoms with Crippen molar-refractivity contribution in [1.29, 1.82) is 0 Å². The van der Waals surface area contributed by atoms with Gasteiger partial charge in [-0.2, -0.15) is 0 Å². The highest BCUT2D eigenvalue weighted by Gasteiger charge is 2.24. The lowest BCUT2D eigenvalue weighted by Gasteiger charge is -2.33. The third-order valence-electron chi connectivity index (χ3n) is 4.33. The van der Waals surface area contributed by atoms with Gasteiger partial charge in [0, 0.05) is 38.8 Å². The molecule has 0 bridgehead atoms. The molecule has 1 aliphatic heterocycles. The number of aliphatic hydroxyl groups excluding tert-OH is 1. The second kappa shape index (κ2) is 7.41. The summed E-state index contributed by atoms with van der Waals surface area (Å²) in [6.45, 7) is 3.92. The summed E-state index contributed by atoms with van der Waals surface area (Å²) in [4.78, 5) is 26.6. The quantitative estimate of drug-likeness (QED) is 0.661. The molecule has 1 aromatic rings. The molecule has 1 fully saturated rings. The Morgan fingerprint density at radius 1 is 1.43 bits per heavy atom. The molecule has 126 valence electrons. The zero-order valence-electron chi connectivity index (χ0n) is 13.6. The molecule has 7 heteroatoms. The first-order chi connectivity index (χ1) is 10.9. The zero-order chi connectivity index (χ0) is 17.0. The molecule has 0 spiro atoms. The third-order valence-corrected chi connectivity index (χ3v) is 4.33. The molecule has 0 atom stereocenters. The number of anilines is 1. The van der Waals surface area contributed by atoms with Crippen molar-refractivity contribution in [3.8, 4) is 0 Å². The average molecular weight is 321 g/mol. The van der Waals surface area contributed by atoms with Crippen molar-refractivity contribution in [2.24, 2.45) is 5.92 Å². The zero-order valence-corrected chi connectivity index (χ0v) is 13.6. The summed E-state index contributed by atoms with van der Waals surface area (Å²) >= 11 is 0. The number of non-ortho nitro benzene ring substituents is 1. The first-order valence-electron chi connectivity index (χ1n) is 7.83. The minimum Gasteiger partial charge on any atom is -0.395 e. The Bertz CT molecular complexity index is 583. The van der Waals surface area contributed by atoms with Gasteiger partial charge in [0.25, 0.3) is 11.6 Å². The van der Waals surface area contributed by atoms with Gasteiger partial charge in [-0.15, -0.1) is 0 Å². The fourth-order valence-corrected chi connectivity index (χ4v) is 2.79. The van der Waals surface area contributed by atoms with Crippen molar-refractivity contribution in [2.75, 3.05) is 38.2 Å². The molecule has 0 aromatic heterocycles. The molecule has 0 radical (unpaired) electrons. The van der Waals surface area contributed by atoms with E-state index in [9.17, 15) is 14.9 Å². The van der Waals surface area contributed by atoms with Crippen LogP contribution >= 0.6 is 0 Å². The highest BCUT2D eigenvalue weighted by molar-refractivity contribution is 6.00. The Hall–Kier alpha value is -2.15. The Morgan fingerprint density at radius 2 is 2.09 bits per heavy atom. The molecular formula is C16H23N3O4. The van der Waals surface area contributed by atoms with Crippen LogP contribution in [0.25, 0.3) is 0 Å². The largest absolute Gasteiger partial charge is 0.395 e. The number of carbonyl (C=O) groups excluding carboxylic acids is 1. The Balaban J connectivity index is 2.36. The first-order valence-corrected chi connectivity index (χ1v) is 7.83. The van der Waals surface area contributed by atoms with E-state index in [0.717, 1.165) is 31.6 Å². The van der Waals surface area contributed by atoms with Crippen LogP contribution in [0.2, 0.25) is 0 Å². The van der Waals surface area contributed by atoms with Crippen molar-refractivity contribution < 1.29 is 14.8 Å². The van der Waals surface area contributed by atoms with Gasteiger partial charge in [-0.3, -0.25) is 14.9 Å². The van der Waals surface area contributed by atoms with Gasteiger partial charge in [0.05, 0.1) is 22.8 Å². The van der Waals surface area contributed by atoms with Crippen LogP contribution in [0.4, 0.5) is 11.4 Å². The minimum atomic E-state index is -0.495. The molecule has 2 rings (SSSR count). The Morgan fingerprint density at radius 3 is 2.65 bits per heavy atom. The van der Waals surface area contributed by atoms with Crippen LogP contribution in [-0.4, -0.2) is 54.1 Å². The molecule has 1 saturated heterocycles. The highest BCUT2D eigenvalue weighted by Crippen LogP contribution is 2.30. The number of aliphatic hydroxyl groups is 1. The number of amides is 1. The lowest BCUT2D eigenvalue weighted by Crippen LogP contribution is -2.36. The molecule has 1 aromatic carbocycles. The molecule has 0 aliphatic carbocycles. The fourth-order valence-electron chi connectivity index (χ4n) is 2.79. The van der Waals surface area contributed by atoms with Crippen molar-refractivity contribution in [3.05, 3.63) is 33.9 Å². The van der Waals surface area contributed by atoms with Crippen LogP contribution in [0.3, 0.4) is 0 Å². The van der Waals surface area contributed by atoms with Gasteiger partial charge in [0.2, 0.25) is 0 Å². The van der Waals surface area contributed by atoms with E-state index in [1.54, 1.807) is 13.1 Å². The number of piperidine rings is 1. The van der Waals surface area contributed by atoms with Crippen molar-refractivity contribution in [2.45, 2.75) is 19.8 Å². The summed E-state index contributed by atoms with van der Waals surface area (Å²) in [6, 6.07) is 4.44. The number of nitrogens with zero attached hydrogens (tertiary/aromatic N) is 3. The number of likely N-dealkylation sites (N-methyl/N-ethyl adjacent to an activating group) is 1. The number of hydrogen-bond donors (Lipinski definition) is 1. The smallest absolute Gasteiger partial charge is 0.270 e. The van der Waals surface area contributed by atoms with E-state index in [-0.39, 0.29) is 24.7 Å². The lowest BCUT2D eigenvalue weighted by molar-refractivity contribution is -0.384. The molecule has 1 amide bonds. The molecule has 1 N–H and O–H groups in total. The van der Waals surface area contributed by atoms with Crippen LogP contribution in [0.5, 0.6) is 0 Å². The van der Waals surface area contributed by atoms with E-state index in [2.05, 4.69) is 11.8 Å². The number of benzene rings is 1. The predicted octanol–water partition coefficient (Wildman–Crippen LogP) is 1.90. The van der Waals surface area contributed by atoms with Crippen molar-refractivity contribution in [1.82, 2.24) is 4.90 Å². The number of nitro benzene ring substituents is 1. The van der Waals surface area contributed by atoms with E-state index in [0.29, 0.717) is 11.5 Å². The van der Waals surface area contributed by atoms with Crippen molar-refractivity contribution >= 4 is 17.3 Å². The summed E-state index contributed by atoms with van der Waals surface area (Å²) in [5.41, 5.74) is 0.960. The summed E-state index contributed by atoms with van der Waals surface area (Å²) in [5.74, 6) is 0.344. The van der Waals surface area contributed by atoms with Crippen LogP contribution in [0.15, 0.2) is 18.2 Å². The summed E-state index contributed by atoms with van der Waals surface area (Å²) in [7, 11) is 1.58.